The van der Waals surface area contributed by atoms with Crippen LogP contribution in [0.25, 0.3) is 0 Å². The van der Waals surface area contributed by atoms with Gasteiger partial charge in [-0.05, 0) is 23.6 Å². The lowest BCUT2D eigenvalue weighted by Crippen LogP contribution is -2.21. The highest BCUT2D eigenvalue weighted by atomic mass is 16.1. The number of amides is 1. The fourth-order valence-electron chi connectivity index (χ4n) is 1.58. The average molecular weight is 246 g/mol. The summed E-state index contributed by atoms with van der Waals surface area (Å²) in [4.78, 5) is 11.6. The molecule has 0 radical (unpaired) electrons. The molecule has 0 aliphatic heterocycles. The van der Waals surface area contributed by atoms with Gasteiger partial charge in [0.25, 0.3) is 0 Å². The summed E-state index contributed by atoms with van der Waals surface area (Å²) < 4.78 is 0. The van der Waals surface area contributed by atoms with Gasteiger partial charge in [-0.2, -0.15) is 0 Å². The SMILES string of the molecule is C=CCNCCC(=O)Nc1ccc(C(C)C)cc1. The molecule has 0 bridgehead atoms. The zero-order chi connectivity index (χ0) is 13.4. The van der Waals surface area contributed by atoms with E-state index < -0.39 is 0 Å². The molecule has 98 valence electrons. The van der Waals surface area contributed by atoms with E-state index in [4.69, 9.17) is 0 Å². The standard InChI is InChI=1S/C15H22N2O/c1-4-10-16-11-9-15(18)17-14-7-5-13(6-8-14)12(2)3/h4-8,12,16H,1,9-11H2,2-3H3,(H,17,18). The van der Waals surface area contributed by atoms with Gasteiger partial charge in [0.2, 0.25) is 5.91 Å². The minimum absolute atomic E-state index is 0.0314. The van der Waals surface area contributed by atoms with Crippen molar-refractivity contribution in [3.63, 3.8) is 0 Å². The van der Waals surface area contributed by atoms with Gasteiger partial charge in [0.05, 0.1) is 0 Å². The molecule has 2 N–H and O–H groups in total. The summed E-state index contributed by atoms with van der Waals surface area (Å²) in [6, 6.07) is 8.00. The molecule has 0 atom stereocenters. The summed E-state index contributed by atoms with van der Waals surface area (Å²) >= 11 is 0. The Bertz CT molecular complexity index is 382. The highest BCUT2D eigenvalue weighted by Gasteiger charge is 2.03. The molecular formula is C15H22N2O. The average Bonchev–Trinajstić information content (AvgIpc) is 2.35. The third-order valence-electron chi connectivity index (χ3n) is 2.68. The van der Waals surface area contributed by atoms with Gasteiger partial charge in [0.15, 0.2) is 0 Å². The van der Waals surface area contributed by atoms with Crippen molar-refractivity contribution in [1.29, 1.82) is 0 Å². The first-order valence-electron chi connectivity index (χ1n) is 6.35. The van der Waals surface area contributed by atoms with Gasteiger partial charge in [0, 0.05) is 25.2 Å². The second kappa shape index (κ2) is 7.67. The van der Waals surface area contributed by atoms with E-state index in [0.717, 1.165) is 12.2 Å². The lowest BCUT2D eigenvalue weighted by atomic mass is 10.0. The molecule has 0 heterocycles. The van der Waals surface area contributed by atoms with Gasteiger partial charge in [-0.3, -0.25) is 4.79 Å². The van der Waals surface area contributed by atoms with Crippen molar-refractivity contribution in [2.75, 3.05) is 18.4 Å². The van der Waals surface area contributed by atoms with Crippen LogP contribution in [0.2, 0.25) is 0 Å². The van der Waals surface area contributed by atoms with Gasteiger partial charge in [0.1, 0.15) is 0 Å². The molecular weight excluding hydrogens is 224 g/mol. The summed E-state index contributed by atoms with van der Waals surface area (Å²) in [5, 5.41) is 5.98. The van der Waals surface area contributed by atoms with Gasteiger partial charge in [-0.1, -0.05) is 32.1 Å². The third kappa shape index (κ3) is 5.15. The molecule has 0 aromatic heterocycles. The number of anilines is 1. The molecule has 0 spiro atoms. The molecule has 1 rings (SSSR count). The predicted octanol–water partition coefficient (Wildman–Crippen LogP) is 2.91. The van der Waals surface area contributed by atoms with Crippen molar-refractivity contribution in [1.82, 2.24) is 5.32 Å². The first-order valence-corrected chi connectivity index (χ1v) is 6.35. The summed E-state index contributed by atoms with van der Waals surface area (Å²) in [6.45, 7) is 9.31. The summed E-state index contributed by atoms with van der Waals surface area (Å²) in [7, 11) is 0. The van der Waals surface area contributed by atoms with Crippen LogP contribution in [0.4, 0.5) is 5.69 Å². The van der Waals surface area contributed by atoms with Crippen LogP contribution in [0.3, 0.4) is 0 Å². The Labute approximate surface area is 109 Å². The molecule has 1 aromatic carbocycles. The Kier molecular flexibility index (Phi) is 6.15. The maximum absolute atomic E-state index is 11.6. The Morgan fingerprint density at radius 3 is 2.56 bits per heavy atom. The molecule has 1 aromatic rings. The van der Waals surface area contributed by atoms with E-state index in [-0.39, 0.29) is 5.91 Å². The lowest BCUT2D eigenvalue weighted by molar-refractivity contribution is -0.116. The maximum atomic E-state index is 11.6. The van der Waals surface area contributed by atoms with Crippen LogP contribution in [0.1, 0.15) is 31.7 Å². The summed E-state index contributed by atoms with van der Waals surface area (Å²) in [6.07, 6.45) is 2.25. The second-order valence-electron chi connectivity index (χ2n) is 4.57. The van der Waals surface area contributed by atoms with E-state index in [1.54, 1.807) is 6.08 Å². The molecule has 1 amide bonds. The summed E-state index contributed by atoms with van der Waals surface area (Å²) in [5.74, 6) is 0.543. The largest absolute Gasteiger partial charge is 0.326 e. The normalized spacial score (nSPS) is 10.4. The number of rotatable bonds is 7. The van der Waals surface area contributed by atoms with Crippen LogP contribution in [0, 0.1) is 0 Å². The molecule has 18 heavy (non-hydrogen) atoms. The van der Waals surface area contributed by atoms with E-state index in [0.29, 0.717) is 18.9 Å². The highest BCUT2D eigenvalue weighted by molar-refractivity contribution is 5.90. The van der Waals surface area contributed by atoms with Crippen LogP contribution >= 0.6 is 0 Å². The Hall–Kier alpha value is -1.61. The lowest BCUT2D eigenvalue weighted by Gasteiger charge is -2.08. The fourth-order valence-corrected chi connectivity index (χ4v) is 1.58. The topological polar surface area (TPSA) is 41.1 Å². The predicted molar refractivity (Wildman–Crippen MR) is 76.8 cm³/mol. The monoisotopic (exact) mass is 246 g/mol. The molecule has 0 unspecified atom stereocenters. The van der Waals surface area contributed by atoms with Gasteiger partial charge < -0.3 is 10.6 Å². The quantitative estimate of drug-likeness (QED) is 0.573. The highest BCUT2D eigenvalue weighted by Crippen LogP contribution is 2.17. The zero-order valence-electron chi connectivity index (χ0n) is 11.2. The molecule has 0 saturated heterocycles. The fraction of sp³-hybridized carbons (Fsp3) is 0.400. The molecule has 3 heteroatoms. The van der Waals surface area contributed by atoms with Crippen LogP contribution in [-0.4, -0.2) is 19.0 Å². The van der Waals surface area contributed by atoms with E-state index in [1.165, 1.54) is 5.56 Å². The Balaban J connectivity index is 2.37. The first-order chi connectivity index (χ1) is 8.63. The minimum atomic E-state index is 0.0314. The van der Waals surface area contributed by atoms with E-state index >= 15 is 0 Å². The van der Waals surface area contributed by atoms with Crippen molar-refractivity contribution < 1.29 is 4.79 Å². The van der Waals surface area contributed by atoms with Crippen LogP contribution < -0.4 is 10.6 Å². The van der Waals surface area contributed by atoms with Gasteiger partial charge in [-0.15, -0.1) is 6.58 Å². The smallest absolute Gasteiger partial charge is 0.225 e. The van der Waals surface area contributed by atoms with Crippen LogP contribution in [0.15, 0.2) is 36.9 Å². The molecule has 3 nitrogen and oxygen atoms in total. The van der Waals surface area contributed by atoms with E-state index in [1.807, 2.05) is 12.1 Å². The number of hydrogen-bond acceptors (Lipinski definition) is 2. The van der Waals surface area contributed by atoms with Crippen LogP contribution in [0.5, 0.6) is 0 Å². The Morgan fingerprint density at radius 1 is 1.33 bits per heavy atom. The molecule has 0 aliphatic rings. The van der Waals surface area contributed by atoms with Crippen molar-refractivity contribution in [2.45, 2.75) is 26.2 Å². The number of benzene rings is 1. The van der Waals surface area contributed by atoms with Gasteiger partial charge in [-0.25, -0.2) is 0 Å². The zero-order valence-corrected chi connectivity index (χ0v) is 11.2. The van der Waals surface area contributed by atoms with Crippen molar-refractivity contribution in [3.05, 3.63) is 42.5 Å². The number of carbonyl (C=O) groups excluding carboxylic acids is 1. The number of hydrogen-bond donors (Lipinski definition) is 2. The maximum Gasteiger partial charge on any atom is 0.225 e. The molecule has 0 saturated carbocycles. The van der Waals surface area contributed by atoms with E-state index in [9.17, 15) is 4.79 Å². The first kappa shape index (κ1) is 14.5. The molecule has 0 fully saturated rings. The second-order valence-corrected chi connectivity index (χ2v) is 4.57. The number of carbonyl (C=O) groups is 1. The van der Waals surface area contributed by atoms with Crippen molar-refractivity contribution in [3.8, 4) is 0 Å². The van der Waals surface area contributed by atoms with E-state index in [2.05, 4.69) is 43.2 Å². The summed E-state index contributed by atoms with van der Waals surface area (Å²) in [5.41, 5.74) is 2.13. The third-order valence-corrected chi connectivity index (χ3v) is 2.68. The van der Waals surface area contributed by atoms with Crippen molar-refractivity contribution >= 4 is 11.6 Å². The number of nitrogens with one attached hydrogen (secondary N) is 2. The Morgan fingerprint density at radius 2 is 2.00 bits per heavy atom. The van der Waals surface area contributed by atoms with Gasteiger partial charge >= 0.3 is 0 Å². The molecule has 0 aliphatic carbocycles. The van der Waals surface area contributed by atoms with Crippen molar-refractivity contribution in [2.24, 2.45) is 0 Å². The van der Waals surface area contributed by atoms with Crippen LogP contribution in [-0.2, 0) is 4.79 Å². The minimum Gasteiger partial charge on any atom is -0.326 e.